The molecule has 2 aliphatic rings. The molecule has 1 aliphatic heterocycles. The minimum absolute atomic E-state index is 0.101. The summed E-state index contributed by atoms with van der Waals surface area (Å²) in [6.45, 7) is 6.57. The number of anilines is 1. The van der Waals surface area contributed by atoms with Crippen molar-refractivity contribution in [3.05, 3.63) is 27.6 Å². The second kappa shape index (κ2) is 7.21. The Labute approximate surface area is 158 Å². The van der Waals surface area contributed by atoms with Crippen LogP contribution in [0.2, 0.25) is 0 Å². The molecule has 0 radical (unpaired) electrons. The molecule has 9 nitrogen and oxygen atoms in total. The van der Waals surface area contributed by atoms with E-state index in [0.29, 0.717) is 31.6 Å². The zero-order valence-electron chi connectivity index (χ0n) is 16.0. The van der Waals surface area contributed by atoms with Crippen LogP contribution in [0.5, 0.6) is 0 Å². The molecule has 0 unspecified atom stereocenters. The summed E-state index contributed by atoms with van der Waals surface area (Å²) in [4.78, 5) is 25.2. The van der Waals surface area contributed by atoms with Crippen molar-refractivity contribution < 1.29 is 24.4 Å². The van der Waals surface area contributed by atoms with Crippen LogP contribution in [0.3, 0.4) is 0 Å². The molecule has 1 aromatic heterocycles. The van der Waals surface area contributed by atoms with Crippen molar-refractivity contribution in [1.82, 2.24) is 5.32 Å². The fourth-order valence-corrected chi connectivity index (χ4v) is 3.90. The molecule has 1 atom stereocenters. The summed E-state index contributed by atoms with van der Waals surface area (Å²) in [5.41, 5.74) is 1.47. The Morgan fingerprint density at radius 2 is 2.15 bits per heavy atom. The molecule has 3 rings (SSSR count). The van der Waals surface area contributed by atoms with Crippen LogP contribution in [-0.4, -0.2) is 41.0 Å². The minimum atomic E-state index is -0.577. The molecular formula is C18H27N4O5+. The van der Waals surface area contributed by atoms with Gasteiger partial charge >= 0.3 is 18.0 Å². The Hall–Kier alpha value is -2.58. The lowest BCUT2D eigenvalue weighted by molar-refractivity contribution is -0.910. The van der Waals surface area contributed by atoms with Crippen molar-refractivity contribution in [2.75, 3.05) is 18.0 Å². The van der Waals surface area contributed by atoms with Gasteiger partial charge in [-0.05, 0) is 46.5 Å². The van der Waals surface area contributed by atoms with E-state index in [2.05, 4.69) is 5.32 Å². The van der Waals surface area contributed by atoms with Gasteiger partial charge in [-0.15, -0.1) is 0 Å². The van der Waals surface area contributed by atoms with E-state index in [-0.39, 0.29) is 11.7 Å². The van der Waals surface area contributed by atoms with Gasteiger partial charge in [-0.2, -0.15) is 0 Å². The number of pyridine rings is 1. The normalized spacial score (nSPS) is 19.5. The Kier molecular flexibility index (Phi) is 5.12. The van der Waals surface area contributed by atoms with E-state index in [0.717, 1.165) is 35.3 Å². The average Bonchev–Trinajstić information content (AvgIpc) is 3.03. The van der Waals surface area contributed by atoms with Crippen LogP contribution >= 0.6 is 0 Å². The lowest BCUT2D eigenvalue weighted by atomic mass is 10.0. The molecule has 0 aromatic carbocycles. The summed E-state index contributed by atoms with van der Waals surface area (Å²) in [5.74, 6) is 0. The van der Waals surface area contributed by atoms with E-state index >= 15 is 0 Å². The van der Waals surface area contributed by atoms with Crippen LogP contribution in [0.15, 0.2) is 6.20 Å². The number of carbonyl (C=O) groups is 1. The Balaban J connectivity index is 1.83. The first-order chi connectivity index (χ1) is 12.7. The SMILES string of the molecule is CC(C)(C)OC(=O)N[C@H]1CCCN(c2c([N+](=O)[O-])c[n+](O)c3c2CCC3)C1. The second-order valence-corrected chi connectivity index (χ2v) is 8.17. The molecule has 9 heteroatoms. The summed E-state index contributed by atoms with van der Waals surface area (Å²) in [7, 11) is 0. The molecule has 0 saturated carbocycles. The lowest BCUT2D eigenvalue weighted by Gasteiger charge is -2.35. The highest BCUT2D eigenvalue weighted by Gasteiger charge is 2.38. The van der Waals surface area contributed by atoms with Gasteiger partial charge in [0.05, 0.1) is 10.5 Å². The predicted octanol–water partition coefficient (Wildman–Crippen LogP) is 2.10. The van der Waals surface area contributed by atoms with Gasteiger partial charge in [0.1, 0.15) is 11.3 Å². The summed E-state index contributed by atoms with van der Waals surface area (Å²) in [5, 5.41) is 24.6. The number of nitrogens with one attached hydrogen (secondary N) is 1. The van der Waals surface area contributed by atoms with Gasteiger partial charge in [0.25, 0.3) is 0 Å². The molecule has 148 valence electrons. The fraction of sp³-hybridized carbons (Fsp3) is 0.667. The number of carbonyl (C=O) groups excluding carboxylic acids is 1. The maximum absolute atomic E-state index is 12.1. The maximum Gasteiger partial charge on any atom is 0.407 e. The van der Waals surface area contributed by atoms with Crippen molar-refractivity contribution in [2.45, 2.75) is 64.5 Å². The van der Waals surface area contributed by atoms with Gasteiger partial charge in [0.15, 0.2) is 0 Å². The highest BCUT2D eigenvalue weighted by molar-refractivity contribution is 5.70. The zero-order valence-corrected chi connectivity index (χ0v) is 16.0. The molecule has 0 spiro atoms. The number of ether oxygens (including phenoxy) is 1. The van der Waals surface area contributed by atoms with E-state index in [4.69, 9.17) is 4.74 Å². The number of hydrogen-bond donors (Lipinski definition) is 2. The number of rotatable bonds is 3. The number of aromatic nitrogens is 1. The van der Waals surface area contributed by atoms with Gasteiger partial charge in [0, 0.05) is 30.3 Å². The molecular weight excluding hydrogens is 352 g/mol. The first-order valence-corrected chi connectivity index (χ1v) is 9.34. The number of amides is 1. The minimum Gasteiger partial charge on any atom is -0.444 e. The van der Waals surface area contributed by atoms with Gasteiger partial charge in [-0.25, -0.2) is 4.79 Å². The van der Waals surface area contributed by atoms with E-state index < -0.39 is 16.6 Å². The summed E-state index contributed by atoms with van der Waals surface area (Å²) >= 11 is 0. The largest absolute Gasteiger partial charge is 0.444 e. The van der Waals surface area contributed by atoms with Crippen LogP contribution in [0.25, 0.3) is 0 Å². The molecule has 2 heterocycles. The molecule has 1 saturated heterocycles. The highest BCUT2D eigenvalue weighted by Crippen LogP contribution is 2.37. The average molecular weight is 379 g/mol. The molecule has 0 bridgehead atoms. The summed E-state index contributed by atoms with van der Waals surface area (Å²) < 4.78 is 6.21. The smallest absolute Gasteiger partial charge is 0.407 e. The van der Waals surface area contributed by atoms with Crippen LogP contribution in [-0.2, 0) is 17.6 Å². The van der Waals surface area contributed by atoms with Crippen molar-refractivity contribution in [1.29, 1.82) is 0 Å². The lowest BCUT2D eigenvalue weighted by Crippen LogP contribution is -2.49. The highest BCUT2D eigenvalue weighted by atomic mass is 16.6. The number of alkyl carbamates (subject to hydrolysis) is 1. The van der Waals surface area contributed by atoms with Crippen LogP contribution in [0.1, 0.15) is 51.3 Å². The molecule has 2 N–H and O–H groups in total. The quantitative estimate of drug-likeness (QED) is 0.360. The van der Waals surface area contributed by atoms with Crippen LogP contribution in [0, 0.1) is 10.1 Å². The van der Waals surface area contributed by atoms with Gasteiger partial charge in [-0.3, -0.25) is 15.3 Å². The number of piperidine rings is 1. The fourth-order valence-electron chi connectivity index (χ4n) is 3.90. The van der Waals surface area contributed by atoms with E-state index in [1.807, 2.05) is 4.90 Å². The predicted molar refractivity (Wildman–Crippen MR) is 97.1 cm³/mol. The Morgan fingerprint density at radius 3 is 2.81 bits per heavy atom. The number of fused-ring (bicyclic) bond motifs is 1. The third-order valence-electron chi connectivity index (χ3n) is 4.89. The van der Waals surface area contributed by atoms with Crippen LogP contribution < -0.4 is 14.9 Å². The first-order valence-electron chi connectivity index (χ1n) is 9.34. The summed E-state index contributed by atoms with van der Waals surface area (Å²) in [6, 6.07) is -0.147. The van der Waals surface area contributed by atoms with Crippen molar-refractivity contribution in [3.63, 3.8) is 0 Å². The van der Waals surface area contributed by atoms with Gasteiger partial charge < -0.3 is 15.0 Å². The molecule has 1 aromatic rings. The third kappa shape index (κ3) is 4.23. The van der Waals surface area contributed by atoms with Crippen molar-refractivity contribution in [3.8, 4) is 0 Å². The van der Waals surface area contributed by atoms with Crippen LogP contribution in [0.4, 0.5) is 16.2 Å². The zero-order chi connectivity index (χ0) is 19.8. The van der Waals surface area contributed by atoms with E-state index in [1.165, 1.54) is 6.20 Å². The number of nitro groups is 1. The first kappa shape index (κ1) is 19.2. The summed E-state index contributed by atoms with van der Waals surface area (Å²) in [6.07, 6.45) is 4.56. The van der Waals surface area contributed by atoms with Gasteiger partial charge in [-0.1, -0.05) is 0 Å². The van der Waals surface area contributed by atoms with Crippen molar-refractivity contribution in [2.24, 2.45) is 0 Å². The molecule has 1 amide bonds. The third-order valence-corrected chi connectivity index (χ3v) is 4.89. The van der Waals surface area contributed by atoms with E-state index in [1.54, 1.807) is 20.8 Å². The second-order valence-electron chi connectivity index (χ2n) is 8.17. The topological polar surface area (TPSA) is 109 Å². The van der Waals surface area contributed by atoms with E-state index in [9.17, 15) is 20.1 Å². The molecule has 1 aliphatic carbocycles. The standard InChI is InChI=1S/C18H26N4O5/c1-18(2,3)27-17(23)19-12-6-5-9-20(10-12)16-13-7-4-8-14(13)21(24)11-15(16)22(25)26/h11-12H,4-10H2,1-3H3,(H-,19,23,24)/p+1/t12-/m0/s1. The van der Waals surface area contributed by atoms with Crippen molar-refractivity contribution >= 4 is 17.5 Å². The monoisotopic (exact) mass is 379 g/mol. The molecule has 27 heavy (non-hydrogen) atoms. The Bertz CT molecular complexity index is 759. The van der Waals surface area contributed by atoms with Gasteiger partial charge in [0.2, 0.25) is 5.69 Å². The number of hydrogen-bond acceptors (Lipinski definition) is 6. The number of nitrogens with zero attached hydrogens (tertiary/aromatic N) is 3. The molecule has 1 fully saturated rings. The Morgan fingerprint density at radius 1 is 1.41 bits per heavy atom. The maximum atomic E-state index is 12.1.